The smallest absolute Gasteiger partial charge is 0.271 e. The van der Waals surface area contributed by atoms with Crippen molar-refractivity contribution in [2.75, 3.05) is 26.7 Å². The SMILES string of the molecule is CN(CCOP(=O)([O-])OP(=O)([O-])[O-])CC(=O)[O-]. The van der Waals surface area contributed by atoms with E-state index in [0.717, 1.165) is 4.90 Å². The van der Waals surface area contributed by atoms with Gasteiger partial charge in [-0.2, -0.15) is 0 Å². The van der Waals surface area contributed by atoms with Gasteiger partial charge in [-0.15, -0.1) is 0 Å². The van der Waals surface area contributed by atoms with Gasteiger partial charge < -0.3 is 33.7 Å². The van der Waals surface area contributed by atoms with E-state index in [0.29, 0.717) is 0 Å². The lowest BCUT2D eigenvalue weighted by molar-refractivity contribution is -0.339. The van der Waals surface area contributed by atoms with Gasteiger partial charge in [0.15, 0.2) is 0 Å². The Labute approximate surface area is 96.6 Å². The number of likely N-dealkylation sites (N-methyl/N-ethyl adjacent to an activating group) is 1. The number of hydrogen-bond donors (Lipinski definition) is 0. The first kappa shape index (κ1) is 16.7. The molecule has 0 aromatic carbocycles. The van der Waals surface area contributed by atoms with E-state index in [9.17, 15) is 33.7 Å². The van der Waals surface area contributed by atoms with Crippen LogP contribution in [0.1, 0.15) is 0 Å². The fourth-order valence-electron chi connectivity index (χ4n) is 0.754. The van der Waals surface area contributed by atoms with E-state index >= 15 is 0 Å². The molecule has 0 spiro atoms. The molecule has 0 rings (SSSR count). The molecule has 17 heavy (non-hydrogen) atoms. The number of phosphoric ester groups is 1. The molecule has 0 radical (unpaired) electrons. The van der Waals surface area contributed by atoms with Crippen LogP contribution < -0.4 is 19.8 Å². The predicted octanol–water partition coefficient (Wildman–Crippen LogP) is -4.00. The van der Waals surface area contributed by atoms with Gasteiger partial charge in [0.05, 0.1) is 20.4 Å². The molecule has 0 aromatic rings. The summed E-state index contributed by atoms with van der Waals surface area (Å²) in [6.45, 7) is -1.18. The average molecular weight is 289 g/mol. The topological polar surface area (TPSA) is 165 Å². The second-order valence-corrected chi connectivity index (χ2v) is 5.62. The molecule has 0 aromatic heterocycles. The summed E-state index contributed by atoms with van der Waals surface area (Å²) in [7, 11) is -9.59. The summed E-state index contributed by atoms with van der Waals surface area (Å²) in [5, 5.41) is 10.1. The molecule has 0 heterocycles. The highest BCUT2D eigenvalue weighted by Crippen LogP contribution is 2.50. The number of phosphoric acid groups is 2. The fraction of sp³-hybridized carbons (Fsp3) is 0.800. The van der Waals surface area contributed by atoms with Gasteiger partial charge in [-0.3, -0.25) is 13.8 Å². The summed E-state index contributed by atoms with van der Waals surface area (Å²) in [5.74, 6) is -1.38. The number of carbonyl (C=O) groups is 1. The summed E-state index contributed by atoms with van der Waals surface area (Å²) in [5.41, 5.74) is 0. The number of carbonyl (C=O) groups excluding carboxylic acids is 1. The minimum absolute atomic E-state index is 0.147. The normalized spacial score (nSPS) is 15.8. The number of carboxylic acids is 1. The molecule has 1 atom stereocenters. The van der Waals surface area contributed by atoms with Crippen molar-refractivity contribution in [3.63, 3.8) is 0 Å². The van der Waals surface area contributed by atoms with Crippen LogP contribution in [0.25, 0.3) is 0 Å². The zero-order valence-electron chi connectivity index (χ0n) is 8.64. The summed E-state index contributed by atoms with van der Waals surface area (Å²) in [6, 6.07) is 0. The third-order valence-corrected chi connectivity index (χ3v) is 3.42. The van der Waals surface area contributed by atoms with Gasteiger partial charge in [-0.05, 0) is 7.05 Å². The largest absolute Gasteiger partial charge is 0.790 e. The highest BCUT2D eigenvalue weighted by Gasteiger charge is 2.11. The molecule has 0 aliphatic rings. The first-order valence-corrected chi connectivity index (χ1v) is 7.01. The van der Waals surface area contributed by atoms with Gasteiger partial charge in [0.1, 0.15) is 0 Å². The molecule has 10 nitrogen and oxygen atoms in total. The molecule has 0 fully saturated rings. The van der Waals surface area contributed by atoms with E-state index in [1.165, 1.54) is 7.05 Å². The number of aliphatic carboxylic acids is 1. The Bertz CT molecular complexity index is 351. The van der Waals surface area contributed by atoms with Crippen molar-refractivity contribution in [2.45, 2.75) is 0 Å². The zero-order valence-corrected chi connectivity index (χ0v) is 10.4. The number of carboxylic acid groups (broad SMARTS) is 1. The Morgan fingerprint density at radius 3 is 2.24 bits per heavy atom. The van der Waals surface area contributed by atoms with Crippen LogP contribution in [0.5, 0.6) is 0 Å². The monoisotopic (exact) mass is 289 g/mol. The van der Waals surface area contributed by atoms with E-state index < -0.39 is 34.8 Å². The summed E-state index contributed by atoms with van der Waals surface area (Å²) >= 11 is 0. The number of hydrogen-bond acceptors (Lipinski definition) is 10. The van der Waals surface area contributed by atoms with E-state index in [4.69, 9.17) is 0 Å². The van der Waals surface area contributed by atoms with Crippen LogP contribution in [0.3, 0.4) is 0 Å². The Kier molecular flexibility index (Phi) is 6.46. The Hall–Kier alpha value is -0.310. The van der Waals surface area contributed by atoms with Gasteiger partial charge in [0, 0.05) is 13.1 Å². The van der Waals surface area contributed by atoms with Crippen LogP contribution >= 0.6 is 15.6 Å². The third-order valence-electron chi connectivity index (χ3n) is 1.32. The minimum Gasteiger partial charge on any atom is -0.790 e. The first-order chi connectivity index (χ1) is 7.52. The fourth-order valence-corrected chi connectivity index (χ4v) is 2.23. The third kappa shape index (κ3) is 10.6. The van der Waals surface area contributed by atoms with Gasteiger partial charge in [-0.1, -0.05) is 0 Å². The second-order valence-electron chi connectivity index (χ2n) is 2.92. The number of rotatable bonds is 8. The van der Waals surface area contributed by atoms with Crippen molar-refractivity contribution in [1.29, 1.82) is 0 Å². The van der Waals surface area contributed by atoms with Crippen molar-refractivity contribution >= 4 is 21.6 Å². The highest BCUT2D eigenvalue weighted by molar-refractivity contribution is 7.58. The summed E-state index contributed by atoms with van der Waals surface area (Å²) in [4.78, 5) is 41.9. The van der Waals surface area contributed by atoms with E-state index in [1.807, 2.05) is 0 Å². The molecule has 0 N–H and O–H groups in total. The molecule has 12 heteroatoms. The molecule has 0 saturated carbocycles. The highest BCUT2D eigenvalue weighted by atomic mass is 31.3. The maximum absolute atomic E-state index is 10.7. The maximum Gasteiger partial charge on any atom is 0.271 e. The Balaban J connectivity index is 3.99. The molecule has 0 saturated heterocycles. The van der Waals surface area contributed by atoms with Crippen LogP contribution in [0.4, 0.5) is 0 Å². The lowest BCUT2D eigenvalue weighted by atomic mass is 10.5. The molecular weight excluding hydrogens is 280 g/mol. The van der Waals surface area contributed by atoms with Crippen LogP contribution in [0.2, 0.25) is 0 Å². The molecular formula is C5H9NO9P2-4. The van der Waals surface area contributed by atoms with Crippen molar-refractivity contribution < 1.29 is 42.5 Å². The molecule has 1 unspecified atom stereocenters. The summed E-state index contributed by atoms with van der Waals surface area (Å²) < 4.78 is 27.9. The van der Waals surface area contributed by atoms with Crippen molar-refractivity contribution in [3.05, 3.63) is 0 Å². The van der Waals surface area contributed by atoms with Crippen molar-refractivity contribution in [2.24, 2.45) is 0 Å². The van der Waals surface area contributed by atoms with Crippen molar-refractivity contribution in [1.82, 2.24) is 4.90 Å². The van der Waals surface area contributed by atoms with Crippen LogP contribution in [-0.2, 0) is 22.8 Å². The number of nitrogens with zero attached hydrogens (tertiary/aromatic N) is 1. The minimum atomic E-state index is -5.69. The van der Waals surface area contributed by atoms with Crippen LogP contribution in [-0.4, -0.2) is 37.6 Å². The lowest BCUT2D eigenvalue weighted by Gasteiger charge is -2.35. The Morgan fingerprint density at radius 1 is 1.29 bits per heavy atom. The maximum atomic E-state index is 10.7. The summed E-state index contributed by atoms with van der Waals surface area (Å²) in [6.07, 6.45) is 0. The van der Waals surface area contributed by atoms with Gasteiger partial charge in [-0.25, -0.2) is 0 Å². The molecule has 102 valence electrons. The lowest BCUT2D eigenvalue weighted by Crippen LogP contribution is -2.37. The predicted molar refractivity (Wildman–Crippen MR) is 44.8 cm³/mol. The molecule has 0 bridgehead atoms. The average Bonchev–Trinajstić information content (AvgIpc) is 1.95. The van der Waals surface area contributed by atoms with Crippen LogP contribution in [0, 0.1) is 0 Å². The van der Waals surface area contributed by atoms with Gasteiger partial charge >= 0.3 is 0 Å². The van der Waals surface area contributed by atoms with E-state index in [1.54, 1.807) is 0 Å². The van der Waals surface area contributed by atoms with Crippen LogP contribution in [0.15, 0.2) is 0 Å². The first-order valence-electron chi connectivity index (χ1n) is 4.09. The second kappa shape index (κ2) is 6.58. The van der Waals surface area contributed by atoms with Gasteiger partial charge in [0.25, 0.3) is 7.82 Å². The van der Waals surface area contributed by atoms with E-state index in [2.05, 4.69) is 8.83 Å². The standard InChI is InChI=1S/C5H13NO9P2/c1-6(4-5(7)8)2-3-14-17(12,13)15-16(9,10)11/h2-4H2,1H3,(H,7,8)(H,12,13)(H2,9,10,11)/p-4. The Morgan fingerprint density at radius 2 is 1.82 bits per heavy atom. The zero-order chi connectivity index (χ0) is 13.7. The van der Waals surface area contributed by atoms with Crippen molar-refractivity contribution in [3.8, 4) is 0 Å². The van der Waals surface area contributed by atoms with Gasteiger partial charge in [0.2, 0.25) is 0 Å². The molecule has 0 amide bonds. The van der Waals surface area contributed by atoms with E-state index in [-0.39, 0.29) is 6.54 Å². The quantitative estimate of drug-likeness (QED) is 0.402. The molecule has 0 aliphatic heterocycles. The molecule has 0 aliphatic carbocycles.